The highest BCUT2D eigenvalue weighted by Gasteiger charge is 2.30. The van der Waals surface area contributed by atoms with Crippen molar-refractivity contribution in [2.45, 2.75) is 38.6 Å². The molecule has 0 bridgehead atoms. The molecule has 88 valence electrons. The second-order valence-corrected chi connectivity index (χ2v) is 4.58. The number of ether oxygens (including phenoxy) is 1. The Morgan fingerprint density at radius 2 is 2.12 bits per heavy atom. The Morgan fingerprint density at radius 1 is 1.38 bits per heavy atom. The zero-order chi connectivity index (χ0) is 11.4. The van der Waals surface area contributed by atoms with E-state index >= 15 is 0 Å². The van der Waals surface area contributed by atoms with Crippen molar-refractivity contribution in [2.75, 3.05) is 12.4 Å². The van der Waals surface area contributed by atoms with Gasteiger partial charge in [-0.15, -0.1) is 0 Å². The maximum atomic E-state index is 5.36. The highest BCUT2D eigenvalue weighted by Crippen LogP contribution is 2.37. The van der Waals surface area contributed by atoms with Crippen LogP contribution in [0.25, 0.3) is 0 Å². The summed E-state index contributed by atoms with van der Waals surface area (Å²) in [7, 11) is 1.73. The SMILES string of the molecule is CCCC(Nc1ccccc1OC)C1CC1. The van der Waals surface area contributed by atoms with E-state index in [1.807, 2.05) is 12.1 Å². The Balaban J connectivity index is 2.05. The lowest BCUT2D eigenvalue weighted by atomic mass is 10.1. The molecule has 2 rings (SSSR count). The van der Waals surface area contributed by atoms with Crippen molar-refractivity contribution in [1.29, 1.82) is 0 Å². The molecule has 1 aromatic carbocycles. The smallest absolute Gasteiger partial charge is 0.141 e. The third-order valence-corrected chi connectivity index (χ3v) is 3.24. The Bertz CT molecular complexity index is 333. The number of benzene rings is 1. The van der Waals surface area contributed by atoms with Gasteiger partial charge in [0.25, 0.3) is 0 Å². The van der Waals surface area contributed by atoms with E-state index in [1.54, 1.807) is 7.11 Å². The van der Waals surface area contributed by atoms with Crippen LogP contribution in [0.4, 0.5) is 5.69 Å². The Labute approximate surface area is 98.0 Å². The molecular weight excluding hydrogens is 198 g/mol. The van der Waals surface area contributed by atoms with E-state index in [4.69, 9.17) is 4.74 Å². The molecular formula is C14H21NO. The summed E-state index contributed by atoms with van der Waals surface area (Å²) >= 11 is 0. The lowest BCUT2D eigenvalue weighted by Crippen LogP contribution is -2.21. The monoisotopic (exact) mass is 219 g/mol. The van der Waals surface area contributed by atoms with Crippen LogP contribution in [0.5, 0.6) is 5.75 Å². The van der Waals surface area contributed by atoms with Gasteiger partial charge in [-0.3, -0.25) is 0 Å². The summed E-state index contributed by atoms with van der Waals surface area (Å²) < 4.78 is 5.36. The van der Waals surface area contributed by atoms with Crippen LogP contribution in [-0.4, -0.2) is 13.2 Å². The average Bonchev–Trinajstić information content (AvgIpc) is 3.13. The lowest BCUT2D eigenvalue weighted by molar-refractivity contribution is 0.415. The Kier molecular flexibility index (Phi) is 3.70. The van der Waals surface area contributed by atoms with Crippen LogP contribution in [-0.2, 0) is 0 Å². The molecule has 0 aromatic heterocycles. The van der Waals surface area contributed by atoms with E-state index in [1.165, 1.54) is 25.7 Å². The van der Waals surface area contributed by atoms with Gasteiger partial charge in [-0.05, 0) is 37.3 Å². The molecule has 1 atom stereocenters. The minimum atomic E-state index is 0.626. The molecule has 0 amide bonds. The molecule has 2 heteroatoms. The summed E-state index contributed by atoms with van der Waals surface area (Å²) in [6.07, 6.45) is 5.26. The zero-order valence-corrected chi connectivity index (χ0v) is 10.2. The standard InChI is InChI=1S/C14H21NO/c1-3-6-12(11-9-10-11)15-13-7-4-5-8-14(13)16-2/h4-5,7-8,11-12,15H,3,6,9-10H2,1-2H3. The topological polar surface area (TPSA) is 21.3 Å². The molecule has 0 saturated heterocycles. The molecule has 16 heavy (non-hydrogen) atoms. The lowest BCUT2D eigenvalue weighted by Gasteiger charge is -2.20. The van der Waals surface area contributed by atoms with Crippen molar-refractivity contribution in [3.8, 4) is 5.75 Å². The van der Waals surface area contributed by atoms with Crippen LogP contribution in [0, 0.1) is 5.92 Å². The minimum Gasteiger partial charge on any atom is -0.495 e. The van der Waals surface area contributed by atoms with Crippen molar-refractivity contribution in [3.63, 3.8) is 0 Å². The first-order valence-corrected chi connectivity index (χ1v) is 6.24. The van der Waals surface area contributed by atoms with Gasteiger partial charge in [0.05, 0.1) is 12.8 Å². The summed E-state index contributed by atoms with van der Waals surface area (Å²) in [6, 6.07) is 8.81. The van der Waals surface area contributed by atoms with Crippen molar-refractivity contribution >= 4 is 5.69 Å². The van der Waals surface area contributed by atoms with Crippen molar-refractivity contribution in [1.82, 2.24) is 0 Å². The summed E-state index contributed by atoms with van der Waals surface area (Å²) in [4.78, 5) is 0. The first-order valence-electron chi connectivity index (χ1n) is 6.24. The third-order valence-electron chi connectivity index (χ3n) is 3.24. The summed E-state index contributed by atoms with van der Waals surface area (Å²) in [5.74, 6) is 1.83. The van der Waals surface area contributed by atoms with Crippen LogP contribution < -0.4 is 10.1 Å². The zero-order valence-electron chi connectivity index (χ0n) is 10.2. The van der Waals surface area contributed by atoms with Gasteiger partial charge in [-0.2, -0.15) is 0 Å². The summed E-state index contributed by atoms with van der Waals surface area (Å²) in [6.45, 7) is 2.25. The first kappa shape index (κ1) is 11.3. The fourth-order valence-corrected chi connectivity index (χ4v) is 2.20. The third kappa shape index (κ3) is 2.69. The fourth-order valence-electron chi connectivity index (χ4n) is 2.20. The van der Waals surface area contributed by atoms with Crippen LogP contribution in [0.15, 0.2) is 24.3 Å². The van der Waals surface area contributed by atoms with Gasteiger partial charge in [-0.25, -0.2) is 0 Å². The first-order chi connectivity index (χ1) is 7.85. The molecule has 0 heterocycles. The van der Waals surface area contributed by atoms with Gasteiger partial charge in [0.15, 0.2) is 0 Å². The largest absolute Gasteiger partial charge is 0.495 e. The quantitative estimate of drug-likeness (QED) is 0.788. The molecule has 1 aliphatic rings. The molecule has 1 saturated carbocycles. The number of methoxy groups -OCH3 is 1. The molecule has 0 aliphatic heterocycles. The van der Waals surface area contributed by atoms with Crippen LogP contribution in [0.3, 0.4) is 0 Å². The van der Waals surface area contributed by atoms with Crippen LogP contribution in [0.1, 0.15) is 32.6 Å². The van der Waals surface area contributed by atoms with E-state index in [0.717, 1.165) is 17.4 Å². The van der Waals surface area contributed by atoms with E-state index in [0.29, 0.717) is 6.04 Å². The van der Waals surface area contributed by atoms with E-state index < -0.39 is 0 Å². The van der Waals surface area contributed by atoms with E-state index in [2.05, 4.69) is 24.4 Å². The average molecular weight is 219 g/mol. The predicted molar refractivity (Wildman–Crippen MR) is 68.0 cm³/mol. The van der Waals surface area contributed by atoms with Gasteiger partial charge < -0.3 is 10.1 Å². The van der Waals surface area contributed by atoms with E-state index in [-0.39, 0.29) is 0 Å². The number of para-hydroxylation sites is 2. The molecule has 2 nitrogen and oxygen atoms in total. The van der Waals surface area contributed by atoms with Gasteiger partial charge in [0.1, 0.15) is 5.75 Å². The Morgan fingerprint density at radius 3 is 2.75 bits per heavy atom. The molecule has 0 radical (unpaired) electrons. The molecule has 1 N–H and O–H groups in total. The van der Waals surface area contributed by atoms with E-state index in [9.17, 15) is 0 Å². The van der Waals surface area contributed by atoms with Crippen molar-refractivity contribution in [2.24, 2.45) is 5.92 Å². The van der Waals surface area contributed by atoms with Gasteiger partial charge in [0.2, 0.25) is 0 Å². The predicted octanol–water partition coefficient (Wildman–Crippen LogP) is 3.69. The molecule has 0 spiro atoms. The molecule has 1 aromatic rings. The number of nitrogens with one attached hydrogen (secondary N) is 1. The van der Waals surface area contributed by atoms with Gasteiger partial charge in [0, 0.05) is 6.04 Å². The summed E-state index contributed by atoms with van der Waals surface area (Å²) in [5.41, 5.74) is 1.13. The number of anilines is 1. The number of rotatable bonds is 6. The Hall–Kier alpha value is -1.18. The maximum Gasteiger partial charge on any atom is 0.141 e. The normalized spacial score (nSPS) is 16.9. The van der Waals surface area contributed by atoms with Crippen molar-refractivity contribution in [3.05, 3.63) is 24.3 Å². The second-order valence-electron chi connectivity index (χ2n) is 4.58. The maximum absolute atomic E-state index is 5.36. The molecule has 1 aliphatic carbocycles. The highest BCUT2D eigenvalue weighted by molar-refractivity contribution is 5.56. The van der Waals surface area contributed by atoms with Crippen molar-refractivity contribution < 1.29 is 4.74 Å². The van der Waals surface area contributed by atoms with Crippen LogP contribution >= 0.6 is 0 Å². The van der Waals surface area contributed by atoms with Gasteiger partial charge >= 0.3 is 0 Å². The van der Waals surface area contributed by atoms with Gasteiger partial charge in [-0.1, -0.05) is 25.5 Å². The molecule has 1 unspecified atom stereocenters. The highest BCUT2D eigenvalue weighted by atomic mass is 16.5. The van der Waals surface area contributed by atoms with Crippen LogP contribution in [0.2, 0.25) is 0 Å². The number of hydrogen-bond acceptors (Lipinski definition) is 2. The number of hydrogen-bond donors (Lipinski definition) is 1. The summed E-state index contributed by atoms with van der Waals surface area (Å²) in [5, 5.41) is 3.64. The second kappa shape index (κ2) is 5.24. The fraction of sp³-hybridized carbons (Fsp3) is 0.571. The minimum absolute atomic E-state index is 0.626. The molecule has 1 fully saturated rings.